The molecule has 1 saturated heterocycles. The zero-order valence-corrected chi connectivity index (χ0v) is 16.6. The predicted molar refractivity (Wildman–Crippen MR) is 108 cm³/mol. The number of rotatable bonds is 5. The molecule has 0 bridgehead atoms. The van der Waals surface area contributed by atoms with Gasteiger partial charge in [0, 0.05) is 21.6 Å². The first-order valence-corrected chi connectivity index (χ1v) is 9.95. The fraction of sp³-hybridized carbons (Fsp3) is 0.167. The molecule has 0 spiro atoms. The zero-order valence-electron chi connectivity index (χ0n) is 13.4. The van der Waals surface area contributed by atoms with Crippen LogP contribution >= 0.6 is 39.3 Å². The minimum atomic E-state index is -0.559. The second-order valence-corrected chi connectivity index (χ2v) is 8.15. The molecule has 1 atom stereocenters. The number of benzene rings is 2. The number of hydrogen-bond donors (Lipinski definition) is 1. The number of carbonyl (C=O) groups excluding carboxylic acids is 3. The van der Waals surface area contributed by atoms with Crippen LogP contribution in [0.1, 0.15) is 6.42 Å². The Morgan fingerprint density at radius 3 is 2.65 bits per heavy atom. The molecule has 8 heteroatoms. The molecule has 3 amide bonds. The summed E-state index contributed by atoms with van der Waals surface area (Å²) in [6.07, 6.45) is 0.0873. The lowest BCUT2D eigenvalue weighted by Crippen LogP contribution is -2.31. The number of anilines is 2. The highest BCUT2D eigenvalue weighted by atomic mass is 79.9. The number of hydrogen-bond acceptors (Lipinski definition) is 4. The lowest BCUT2D eigenvalue weighted by atomic mass is 10.3. The zero-order chi connectivity index (χ0) is 18.7. The molecule has 1 aliphatic heterocycles. The van der Waals surface area contributed by atoms with E-state index < -0.39 is 5.25 Å². The first kappa shape index (κ1) is 18.9. The van der Waals surface area contributed by atoms with Crippen LogP contribution in [0.2, 0.25) is 5.02 Å². The third-order valence-corrected chi connectivity index (χ3v) is 5.68. The van der Waals surface area contributed by atoms with Gasteiger partial charge < -0.3 is 5.32 Å². The van der Waals surface area contributed by atoms with E-state index in [0.29, 0.717) is 16.4 Å². The fourth-order valence-corrected chi connectivity index (χ4v) is 3.92. The molecule has 0 aromatic heterocycles. The van der Waals surface area contributed by atoms with Crippen molar-refractivity contribution >= 4 is 68.4 Å². The van der Waals surface area contributed by atoms with Crippen LogP contribution in [0.25, 0.3) is 0 Å². The minimum absolute atomic E-state index is 0.0738. The lowest BCUT2D eigenvalue weighted by molar-refractivity contribution is -0.121. The van der Waals surface area contributed by atoms with Crippen molar-refractivity contribution in [3.63, 3.8) is 0 Å². The topological polar surface area (TPSA) is 66.5 Å². The molecule has 26 heavy (non-hydrogen) atoms. The minimum Gasteiger partial charge on any atom is -0.325 e. The first-order valence-electron chi connectivity index (χ1n) is 7.73. The van der Waals surface area contributed by atoms with Crippen molar-refractivity contribution in [1.29, 1.82) is 0 Å². The quantitative estimate of drug-likeness (QED) is 0.692. The molecule has 134 valence electrons. The van der Waals surface area contributed by atoms with E-state index in [1.165, 1.54) is 4.90 Å². The van der Waals surface area contributed by atoms with Crippen LogP contribution in [0.4, 0.5) is 11.4 Å². The summed E-state index contributed by atoms with van der Waals surface area (Å²) in [5.41, 5.74) is 1.13. The van der Waals surface area contributed by atoms with Gasteiger partial charge in [-0.15, -0.1) is 11.8 Å². The van der Waals surface area contributed by atoms with Gasteiger partial charge in [-0.2, -0.15) is 0 Å². The molecule has 1 N–H and O–H groups in total. The van der Waals surface area contributed by atoms with Crippen LogP contribution in [0.15, 0.2) is 53.0 Å². The maximum atomic E-state index is 12.5. The Morgan fingerprint density at radius 1 is 1.23 bits per heavy atom. The highest BCUT2D eigenvalue weighted by molar-refractivity contribution is 9.10. The fourth-order valence-electron chi connectivity index (χ4n) is 2.54. The van der Waals surface area contributed by atoms with Gasteiger partial charge >= 0.3 is 0 Å². The predicted octanol–water partition coefficient (Wildman–Crippen LogP) is 4.11. The third kappa shape index (κ3) is 4.47. The van der Waals surface area contributed by atoms with Gasteiger partial charge in [-0.25, -0.2) is 4.90 Å². The maximum absolute atomic E-state index is 12.5. The molecule has 5 nitrogen and oxygen atoms in total. The average Bonchev–Trinajstić information content (AvgIpc) is 2.88. The Morgan fingerprint density at radius 2 is 1.96 bits per heavy atom. The van der Waals surface area contributed by atoms with E-state index in [9.17, 15) is 14.4 Å². The summed E-state index contributed by atoms with van der Waals surface area (Å²) in [4.78, 5) is 38.0. The molecule has 2 aromatic carbocycles. The van der Waals surface area contributed by atoms with Crippen LogP contribution in [0.5, 0.6) is 0 Å². The molecule has 1 aliphatic rings. The van der Waals surface area contributed by atoms with Gasteiger partial charge in [-0.3, -0.25) is 14.4 Å². The summed E-state index contributed by atoms with van der Waals surface area (Å²) in [6, 6.07) is 13.8. The van der Waals surface area contributed by atoms with Gasteiger partial charge in [0.25, 0.3) is 0 Å². The van der Waals surface area contributed by atoms with Crippen molar-refractivity contribution in [3.05, 3.63) is 58.0 Å². The summed E-state index contributed by atoms with van der Waals surface area (Å²) in [7, 11) is 0. The largest absolute Gasteiger partial charge is 0.325 e. The molecule has 0 unspecified atom stereocenters. The second-order valence-electron chi connectivity index (χ2n) is 5.61. The summed E-state index contributed by atoms with van der Waals surface area (Å²) < 4.78 is 0.865. The van der Waals surface area contributed by atoms with Crippen LogP contribution in [0, 0.1) is 0 Å². The Kier molecular flexibility index (Phi) is 6.01. The standard InChI is InChI=1S/C18H14BrClN2O3S/c19-11-4-6-14(7-5-11)22-17(24)9-15(18(22)25)26-10-16(23)21-13-3-1-2-12(20)8-13/h1-8,15H,9-10H2,(H,21,23)/t15-/m1/s1. The molecule has 0 aliphatic carbocycles. The first-order chi connectivity index (χ1) is 12.4. The second kappa shape index (κ2) is 8.24. The van der Waals surface area contributed by atoms with Crippen LogP contribution < -0.4 is 10.2 Å². The van der Waals surface area contributed by atoms with Crippen molar-refractivity contribution in [3.8, 4) is 0 Å². The van der Waals surface area contributed by atoms with E-state index in [2.05, 4.69) is 21.2 Å². The molecule has 1 heterocycles. The van der Waals surface area contributed by atoms with Crippen molar-refractivity contribution in [2.45, 2.75) is 11.7 Å². The van der Waals surface area contributed by atoms with Gasteiger partial charge in [0.2, 0.25) is 17.7 Å². The molecule has 3 rings (SSSR count). The molecule has 2 aromatic rings. The normalized spacial score (nSPS) is 16.8. The number of nitrogens with zero attached hydrogens (tertiary/aromatic N) is 1. The smallest absolute Gasteiger partial charge is 0.247 e. The molecule has 1 fully saturated rings. The van der Waals surface area contributed by atoms with Gasteiger partial charge in [0.05, 0.1) is 16.7 Å². The summed E-state index contributed by atoms with van der Waals surface area (Å²) in [6.45, 7) is 0. The van der Waals surface area contributed by atoms with Gasteiger partial charge in [0.1, 0.15) is 0 Å². The van der Waals surface area contributed by atoms with Crippen LogP contribution in [-0.4, -0.2) is 28.7 Å². The molecular weight excluding hydrogens is 440 g/mol. The van der Waals surface area contributed by atoms with E-state index in [1.807, 2.05) is 0 Å². The van der Waals surface area contributed by atoms with E-state index in [1.54, 1.807) is 48.5 Å². The van der Waals surface area contributed by atoms with Crippen molar-refractivity contribution in [1.82, 2.24) is 0 Å². The summed E-state index contributed by atoms with van der Waals surface area (Å²) in [5, 5.41) is 2.69. The SMILES string of the molecule is O=C(CS[C@@H]1CC(=O)N(c2ccc(Br)cc2)C1=O)Nc1cccc(Cl)c1. The van der Waals surface area contributed by atoms with E-state index in [0.717, 1.165) is 16.2 Å². The maximum Gasteiger partial charge on any atom is 0.247 e. The van der Waals surface area contributed by atoms with Crippen LogP contribution in [-0.2, 0) is 14.4 Å². The number of nitrogens with one attached hydrogen (secondary N) is 1. The Balaban J connectivity index is 1.59. The van der Waals surface area contributed by atoms with Crippen molar-refractivity contribution in [2.75, 3.05) is 16.0 Å². The number of imide groups is 1. The highest BCUT2D eigenvalue weighted by Crippen LogP contribution is 2.30. The van der Waals surface area contributed by atoms with Crippen LogP contribution in [0.3, 0.4) is 0 Å². The van der Waals surface area contributed by atoms with E-state index in [-0.39, 0.29) is 29.9 Å². The molecular formula is C18H14BrClN2O3S. The van der Waals surface area contributed by atoms with Crippen molar-refractivity contribution < 1.29 is 14.4 Å². The van der Waals surface area contributed by atoms with E-state index in [4.69, 9.17) is 11.6 Å². The summed E-state index contributed by atoms with van der Waals surface area (Å²) in [5.74, 6) is -0.729. The highest BCUT2D eigenvalue weighted by Gasteiger charge is 2.40. The number of amides is 3. The number of thioether (sulfide) groups is 1. The average molecular weight is 454 g/mol. The third-order valence-electron chi connectivity index (χ3n) is 3.71. The Bertz CT molecular complexity index is 860. The van der Waals surface area contributed by atoms with Crippen molar-refractivity contribution in [2.24, 2.45) is 0 Å². The number of halogens is 2. The lowest BCUT2D eigenvalue weighted by Gasteiger charge is -2.15. The molecule has 0 radical (unpaired) electrons. The Labute approximate surface area is 168 Å². The number of carbonyl (C=O) groups is 3. The Hall–Kier alpha value is -1.83. The summed E-state index contributed by atoms with van der Waals surface area (Å²) >= 11 is 10.4. The van der Waals surface area contributed by atoms with Gasteiger partial charge in [0.15, 0.2) is 0 Å². The van der Waals surface area contributed by atoms with Gasteiger partial charge in [-0.1, -0.05) is 33.6 Å². The monoisotopic (exact) mass is 452 g/mol. The molecule has 0 saturated carbocycles. The van der Waals surface area contributed by atoms with E-state index >= 15 is 0 Å². The van der Waals surface area contributed by atoms with Gasteiger partial charge in [-0.05, 0) is 42.5 Å².